The van der Waals surface area contributed by atoms with Crippen molar-refractivity contribution in [2.75, 3.05) is 11.9 Å². The van der Waals surface area contributed by atoms with Gasteiger partial charge in [0.05, 0.1) is 18.6 Å². The Morgan fingerprint density at radius 1 is 1.26 bits per heavy atom. The number of aryl methyl sites for hydroxylation is 1. The van der Waals surface area contributed by atoms with Crippen molar-refractivity contribution in [2.24, 2.45) is 0 Å². The predicted octanol–water partition coefficient (Wildman–Crippen LogP) is 4.72. The van der Waals surface area contributed by atoms with Crippen LogP contribution in [0.3, 0.4) is 0 Å². The number of carbonyl (C=O) groups excluding carboxylic acids is 2. The molecular weight excluding hydrogens is 357 g/mol. The largest absolute Gasteiger partial charge is 0.462 e. The molecule has 1 heterocycles. The Morgan fingerprint density at radius 2 is 1.91 bits per heavy atom. The lowest BCUT2D eigenvalue weighted by molar-refractivity contribution is -0.115. The molecule has 0 saturated heterocycles. The van der Waals surface area contributed by atoms with Crippen LogP contribution in [0.5, 0.6) is 0 Å². The second-order valence-corrected chi connectivity index (χ2v) is 6.82. The molecule has 0 aliphatic heterocycles. The fourth-order valence-electron chi connectivity index (χ4n) is 2.00. The van der Waals surface area contributed by atoms with Gasteiger partial charge in [0, 0.05) is 14.9 Å². The van der Waals surface area contributed by atoms with Crippen LogP contribution in [0.4, 0.5) is 5.00 Å². The summed E-state index contributed by atoms with van der Waals surface area (Å²) in [6, 6.07) is 6.76. The number of amides is 1. The predicted molar refractivity (Wildman–Crippen MR) is 93.8 cm³/mol. The van der Waals surface area contributed by atoms with E-state index in [1.807, 2.05) is 6.92 Å². The highest BCUT2D eigenvalue weighted by molar-refractivity contribution is 7.16. The van der Waals surface area contributed by atoms with Crippen LogP contribution in [0, 0.1) is 6.92 Å². The molecule has 0 bridgehead atoms. The molecule has 1 aromatic heterocycles. The standard InChI is InChI=1S/C16H15Cl2NO3S/c1-3-22-16(21)11-7-9(2)23-15(11)19-14(20)8-10-12(17)5-4-6-13(10)18/h4-7H,3,8H2,1-2H3,(H,19,20). The van der Waals surface area contributed by atoms with Crippen LogP contribution < -0.4 is 5.32 Å². The lowest BCUT2D eigenvalue weighted by Crippen LogP contribution is -2.16. The highest BCUT2D eigenvalue weighted by Gasteiger charge is 2.19. The maximum atomic E-state index is 12.3. The maximum absolute atomic E-state index is 12.3. The number of rotatable bonds is 5. The molecule has 1 aromatic carbocycles. The van der Waals surface area contributed by atoms with Gasteiger partial charge < -0.3 is 10.1 Å². The molecule has 23 heavy (non-hydrogen) atoms. The number of ether oxygens (including phenoxy) is 1. The van der Waals surface area contributed by atoms with Crippen molar-refractivity contribution in [3.8, 4) is 0 Å². The van der Waals surface area contributed by atoms with E-state index in [0.717, 1.165) is 4.88 Å². The Hall–Kier alpha value is -1.56. The summed E-state index contributed by atoms with van der Waals surface area (Å²) in [6.45, 7) is 3.86. The Morgan fingerprint density at radius 3 is 2.52 bits per heavy atom. The molecule has 2 aromatic rings. The van der Waals surface area contributed by atoms with Crippen LogP contribution in [-0.2, 0) is 16.0 Å². The zero-order valence-electron chi connectivity index (χ0n) is 12.6. The monoisotopic (exact) mass is 371 g/mol. The minimum atomic E-state index is -0.456. The molecule has 0 unspecified atom stereocenters. The summed E-state index contributed by atoms with van der Waals surface area (Å²) in [5.41, 5.74) is 0.909. The highest BCUT2D eigenvalue weighted by atomic mass is 35.5. The van der Waals surface area contributed by atoms with Gasteiger partial charge in [-0.15, -0.1) is 11.3 Å². The molecule has 0 aliphatic rings. The quantitative estimate of drug-likeness (QED) is 0.773. The van der Waals surface area contributed by atoms with Crippen molar-refractivity contribution in [2.45, 2.75) is 20.3 Å². The van der Waals surface area contributed by atoms with Gasteiger partial charge in [-0.25, -0.2) is 4.79 Å². The van der Waals surface area contributed by atoms with E-state index in [9.17, 15) is 9.59 Å². The van der Waals surface area contributed by atoms with E-state index < -0.39 is 5.97 Å². The third kappa shape index (κ3) is 4.47. The van der Waals surface area contributed by atoms with Gasteiger partial charge in [-0.05, 0) is 37.6 Å². The number of esters is 1. The highest BCUT2D eigenvalue weighted by Crippen LogP contribution is 2.29. The van der Waals surface area contributed by atoms with Gasteiger partial charge in [-0.2, -0.15) is 0 Å². The molecule has 0 radical (unpaired) electrons. The molecule has 7 heteroatoms. The Balaban J connectivity index is 2.16. The first kappa shape index (κ1) is 17.8. The number of hydrogen-bond acceptors (Lipinski definition) is 4. The average molecular weight is 372 g/mol. The van der Waals surface area contributed by atoms with Gasteiger partial charge in [0.25, 0.3) is 0 Å². The minimum Gasteiger partial charge on any atom is -0.462 e. The van der Waals surface area contributed by atoms with Crippen LogP contribution in [-0.4, -0.2) is 18.5 Å². The number of carbonyl (C=O) groups is 2. The van der Waals surface area contributed by atoms with Gasteiger partial charge in [-0.1, -0.05) is 29.3 Å². The third-order valence-corrected chi connectivity index (χ3v) is 4.68. The molecular formula is C16H15Cl2NO3S. The van der Waals surface area contributed by atoms with Crippen molar-refractivity contribution in [3.05, 3.63) is 50.3 Å². The summed E-state index contributed by atoms with van der Waals surface area (Å²) in [7, 11) is 0. The zero-order valence-corrected chi connectivity index (χ0v) is 14.9. The first-order chi connectivity index (χ1) is 10.9. The van der Waals surface area contributed by atoms with E-state index in [1.165, 1.54) is 11.3 Å². The van der Waals surface area contributed by atoms with E-state index >= 15 is 0 Å². The Labute approximate surface area is 148 Å². The van der Waals surface area contributed by atoms with Gasteiger partial charge in [-0.3, -0.25) is 4.79 Å². The topological polar surface area (TPSA) is 55.4 Å². The summed E-state index contributed by atoms with van der Waals surface area (Å²) in [4.78, 5) is 25.1. The second kappa shape index (κ2) is 7.81. The van der Waals surface area contributed by atoms with Crippen molar-refractivity contribution in [1.82, 2.24) is 0 Å². The maximum Gasteiger partial charge on any atom is 0.341 e. The summed E-state index contributed by atoms with van der Waals surface area (Å²) in [5.74, 6) is -0.754. The van der Waals surface area contributed by atoms with Gasteiger partial charge in [0.15, 0.2) is 0 Å². The van der Waals surface area contributed by atoms with Gasteiger partial charge in [0.2, 0.25) is 5.91 Å². The van der Waals surface area contributed by atoms with Crippen molar-refractivity contribution >= 4 is 51.4 Å². The molecule has 0 aliphatic carbocycles. The van der Waals surface area contributed by atoms with Crippen molar-refractivity contribution in [3.63, 3.8) is 0 Å². The van der Waals surface area contributed by atoms with Crippen LogP contribution in [0.1, 0.15) is 27.7 Å². The summed E-state index contributed by atoms with van der Waals surface area (Å²) < 4.78 is 4.99. The fraction of sp³-hybridized carbons (Fsp3) is 0.250. The van der Waals surface area contributed by atoms with E-state index in [-0.39, 0.29) is 18.9 Å². The number of hydrogen-bond donors (Lipinski definition) is 1. The average Bonchev–Trinajstić information content (AvgIpc) is 2.84. The Bertz CT molecular complexity index is 723. The number of thiophene rings is 1. The normalized spacial score (nSPS) is 10.4. The Kier molecular flexibility index (Phi) is 6.04. The van der Waals surface area contributed by atoms with Crippen molar-refractivity contribution < 1.29 is 14.3 Å². The first-order valence-electron chi connectivity index (χ1n) is 6.92. The lowest BCUT2D eigenvalue weighted by atomic mass is 10.1. The fourth-order valence-corrected chi connectivity index (χ4v) is 3.45. The number of halogens is 2. The molecule has 0 spiro atoms. The molecule has 0 fully saturated rings. The number of nitrogens with one attached hydrogen (secondary N) is 1. The molecule has 2 rings (SSSR count). The molecule has 122 valence electrons. The SMILES string of the molecule is CCOC(=O)c1cc(C)sc1NC(=O)Cc1c(Cl)cccc1Cl. The smallest absolute Gasteiger partial charge is 0.341 e. The number of benzene rings is 1. The second-order valence-electron chi connectivity index (χ2n) is 4.75. The minimum absolute atomic E-state index is 0.0255. The summed E-state index contributed by atoms with van der Waals surface area (Å²) in [5, 5.41) is 4.06. The zero-order chi connectivity index (χ0) is 17.0. The van der Waals surface area contributed by atoms with Crippen molar-refractivity contribution in [1.29, 1.82) is 0 Å². The van der Waals surface area contributed by atoms with Gasteiger partial charge >= 0.3 is 5.97 Å². The van der Waals surface area contributed by atoms with Crippen LogP contribution in [0.25, 0.3) is 0 Å². The van der Waals surface area contributed by atoms with E-state index in [2.05, 4.69) is 5.32 Å². The molecule has 1 amide bonds. The molecule has 0 atom stereocenters. The van der Waals surface area contributed by atoms with Crippen LogP contribution >= 0.6 is 34.5 Å². The lowest BCUT2D eigenvalue weighted by Gasteiger charge is -2.08. The summed E-state index contributed by atoms with van der Waals surface area (Å²) in [6.07, 6.45) is 0.0255. The van der Waals surface area contributed by atoms with E-state index in [1.54, 1.807) is 31.2 Å². The molecule has 0 saturated carbocycles. The first-order valence-corrected chi connectivity index (χ1v) is 8.50. The summed E-state index contributed by atoms with van der Waals surface area (Å²) >= 11 is 13.5. The van der Waals surface area contributed by atoms with E-state index in [0.29, 0.717) is 26.2 Å². The molecule has 1 N–H and O–H groups in total. The molecule has 4 nitrogen and oxygen atoms in total. The van der Waals surface area contributed by atoms with Gasteiger partial charge in [0.1, 0.15) is 5.00 Å². The third-order valence-electron chi connectivity index (χ3n) is 3.00. The van der Waals surface area contributed by atoms with Crippen LogP contribution in [0.2, 0.25) is 10.0 Å². The number of anilines is 1. The van der Waals surface area contributed by atoms with E-state index in [4.69, 9.17) is 27.9 Å². The van der Waals surface area contributed by atoms with Crippen LogP contribution in [0.15, 0.2) is 24.3 Å².